The fourth-order valence-electron chi connectivity index (χ4n) is 2.82. The highest BCUT2D eigenvalue weighted by Crippen LogP contribution is 2.21. The quantitative estimate of drug-likeness (QED) is 0.445. The van der Waals surface area contributed by atoms with Crippen LogP contribution < -0.4 is 0 Å². The monoisotopic (exact) mass is 383 g/mol. The average molecular weight is 383 g/mol. The minimum atomic E-state index is -0.998. The van der Waals surface area contributed by atoms with E-state index in [4.69, 9.17) is 9.47 Å². The highest BCUT2D eigenvalue weighted by Gasteiger charge is 2.27. The lowest BCUT2D eigenvalue weighted by Gasteiger charge is -2.10. The Balaban J connectivity index is 2.08. The number of aryl methyl sites for hydroxylation is 2. The molecule has 2 rings (SSSR count). The molecule has 0 amide bonds. The Labute approximate surface area is 164 Å². The molecule has 1 N–H and O–H groups in total. The Morgan fingerprint density at radius 3 is 2.36 bits per heavy atom. The van der Waals surface area contributed by atoms with Gasteiger partial charge in [-0.15, -0.1) is 0 Å². The maximum Gasteiger partial charge on any atom is 0.340 e. The van der Waals surface area contributed by atoms with E-state index in [1.54, 1.807) is 26.8 Å². The molecule has 0 saturated carbocycles. The lowest BCUT2D eigenvalue weighted by molar-refractivity contribution is -0.140. The number of rotatable bonds is 7. The van der Waals surface area contributed by atoms with E-state index in [1.165, 1.54) is 13.0 Å². The highest BCUT2D eigenvalue weighted by atomic mass is 16.5. The normalized spacial score (nSPS) is 12.0. The number of esters is 2. The van der Waals surface area contributed by atoms with E-state index in [9.17, 15) is 14.4 Å². The van der Waals surface area contributed by atoms with Crippen molar-refractivity contribution in [1.29, 1.82) is 0 Å². The number of benzene rings is 1. The zero-order chi connectivity index (χ0) is 20.8. The van der Waals surface area contributed by atoms with Crippen molar-refractivity contribution in [3.63, 3.8) is 0 Å². The Kier molecular flexibility index (Phi) is 6.93. The summed E-state index contributed by atoms with van der Waals surface area (Å²) >= 11 is 0. The van der Waals surface area contributed by atoms with Crippen LogP contribution in [0.15, 0.2) is 30.3 Å². The van der Waals surface area contributed by atoms with Gasteiger partial charge in [0.1, 0.15) is 0 Å². The van der Waals surface area contributed by atoms with Crippen molar-refractivity contribution in [2.24, 2.45) is 0 Å². The molecule has 1 aromatic heterocycles. The Bertz CT molecular complexity index is 906. The van der Waals surface area contributed by atoms with Crippen molar-refractivity contribution < 1.29 is 23.9 Å². The Morgan fingerprint density at radius 1 is 1.11 bits per heavy atom. The zero-order valence-corrected chi connectivity index (χ0v) is 16.8. The number of aromatic amines is 1. The summed E-state index contributed by atoms with van der Waals surface area (Å²) in [5, 5.41) is 0. The third-order valence-electron chi connectivity index (χ3n) is 4.31. The summed E-state index contributed by atoms with van der Waals surface area (Å²) in [6.07, 6.45) is 1.91. The molecule has 0 radical (unpaired) electrons. The number of nitrogens with one attached hydrogen (secondary N) is 1. The van der Waals surface area contributed by atoms with Gasteiger partial charge in [-0.2, -0.15) is 0 Å². The minimum absolute atomic E-state index is 0.239. The molecule has 0 aliphatic rings. The van der Waals surface area contributed by atoms with E-state index in [2.05, 4.69) is 4.98 Å². The second-order valence-corrected chi connectivity index (χ2v) is 6.53. The smallest absolute Gasteiger partial charge is 0.340 e. The Morgan fingerprint density at radius 2 is 1.75 bits per heavy atom. The van der Waals surface area contributed by atoms with E-state index in [-0.39, 0.29) is 12.3 Å². The van der Waals surface area contributed by atoms with Crippen molar-refractivity contribution in [2.45, 2.75) is 40.7 Å². The second-order valence-electron chi connectivity index (χ2n) is 6.53. The topological polar surface area (TPSA) is 85.5 Å². The van der Waals surface area contributed by atoms with Gasteiger partial charge in [0, 0.05) is 11.8 Å². The number of hydrogen-bond acceptors (Lipinski definition) is 5. The molecule has 1 aromatic carbocycles. The van der Waals surface area contributed by atoms with Gasteiger partial charge < -0.3 is 14.5 Å². The predicted molar refractivity (Wildman–Crippen MR) is 106 cm³/mol. The van der Waals surface area contributed by atoms with E-state index >= 15 is 0 Å². The molecule has 6 nitrogen and oxygen atoms in total. The third-order valence-corrected chi connectivity index (χ3v) is 4.31. The average Bonchev–Trinajstić information content (AvgIpc) is 2.95. The molecule has 6 heteroatoms. The first-order chi connectivity index (χ1) is 13.2. The number of carbonyl (C=O) groups is 3. The van der Waals surface area contributed by atoms with Crippen molar-refractivity contribution >= 4 is 23.8 Å². The molecule has 28 heavy (non-hydrogen) atoms. The molecule has 0 saturated heterocycles. The summed E-state index contributed by atoms with van der Waals surface area (Å²) in [6.45, 7) is 8.79. The summed E-state index contributed by atoms with van der Waals surface area (Å²) in [5.41, 5.74) is 3.58. The maximum absolute atomic E-state index is 12.7. The van der Waals surface area contributed by atoms with Crippen LogP contribution in [0.3, 0.4) is 0 Å². The van der Waals surface area contributed by atoms with Crippen molar-refractivity contribution in [3.05, 3.63) is 64.0 Å². The molecular weight excluding hydrogens is 358 g/mol. The molecule has 0 aliphatic carbocycles. The van der Waals surface area contributed by atoms with E-state index < -0.39 is 23.8 Å². The fourth-order valence-corrected chi connectivity index (χ4v) is 2.82. The lowest BCUT2D eigenvalue weighted by Crippen LogP contribution is -2.24. The predicted octanol–water partition coefficient (Wildman–Crippen LogP) is 3.94. The molecule has 2 aromatic rings. The molecule has 0 spiro atoms. The van der Waals surface area contributed by atoms with Gasteiger partial charge in [-0.3, -0.25) is 4.79 Å². The summed E-state index contributed by atoms with van der Waals surface area (Å²) in [4.78, 5) is 39.7. The standard InChI is InChI=1S/C22H25NO5/c1-6-27-22(26)19-14(3)20(23-15(19)4)21(25)16(5)28-18(24)12-11-17-9-7-13(2)8-10-17/h7-12,16,23H,6H2,1-5H3/b12-11+/t16-/m0/s1. The van der Waals surface area contributed by atoms with Crippen LogP contribution in [0.2, 0.25) is 0 Å². The molecule has 1 atom stereocenters. The first kappa shape index (κ1) is 21.2. The van der Waals surface area contributed by atoms with Crippen molar-refractivity contribution in [1.82, 2.24) is 4.98 Å². The van der Waals surface area contributed by atoms with Crippen LogP contribution in [0.25, 0.3) is 6.08 Å². The van der Waals surface area contributed by atoms with Gasteiger partial charge in [0.2, 0.25) is 5.78 Å². The van der Waals surface area contributed by atoms with Crippen LogP contribution in [0.5, 0.6) is 0 Å². The van der Waals surface area contributed by atoms with Crippen LogP contribution in [-0.2, 0) is 14.3 Å². The van der Waals surface area contributed by atoms with Crippen LogP contribution in [0.4, 0.5) is 0 Å². The van der Waals surface area contributed by atoms with Crippen LogP contribution >= 0.6 is 0 Å². The summed E-state index contributed by atoms with van der Waals surface area (Å²) in [5.74, 6) is -1.51. The maximum atomic E-state index is 12.7. The first-order valence-corrected chi connectivity index (χ1v) is 9.10. The number of ketones is 1. The van der Waals surface area contributed by atoms with E-state index in [1.807, 2.05) is 31.2 Å². The Hall–Kier alpha value is -3.15. The molecule has 148 valence electrons. The number of hydrogen-bond donors (Lipinski definition) is 1. The first-order valence-electron chi connectivity index (χ1n) is 9.10. The molecule has 0 bridgehead atoms. The SMILES string of the molecule is CCOC(=O)c1c(C)[nH]c(C(=O)[C@H](C)OC(=O)/C=C/c2ccc(C)cc2)c1C. The van der Waals surface area contributed by atoms with Gasteiger partial charge in [0.25, 0.3) is 0 Å². The number of aromatic nitrogens is 1. The fraction of sp³-hybridized carbons (Fsp3) is 0.318. The largest absolute Gasteiger partial charge is 0.462 e. The van der Waals surface area contributed by atoms with Crippen molar-refractivity contribution in [3.8, 4) is 0 Å². The van der Waals surface area contributed by atoms with Crippen LogP contribution in [0, 0.1) is 20.8 Å². The van der Waals surface area contributed by atoms with Gasteiger partial charge in [0.05, 0.1) is 17.9 Å². The number of H-pyrrole nitrogens is 1. The van der Waals surface area contributed by atoms with E-state index in [0.717, 1.165) is 11.1 Å². The second kappa shape index (κ2) is 9.17. The number of ether oxygens (including phenoxy) is 2. The number of carbonyl (C=O) groups excluding carboxylic acids is 3. The lowest BCUT2D eigenvalue weighted by atomic mass is 10.1. The van der Waals surface area contributed by atoms with Gasteiger partial charge in [-0.1, -0.05) is 29.8 Å². The zero-order valence-electron chi connectivity index (χ0n) is 16.8. The summed E-state index contributed by atoms with van der Waals surface area (Å²) in [6, 6.07) is 7.65. The van der Waals surface area contributed by atoms with Crippen LogP contribution in [-0.4, -0.2) is 35.4 Å². The summed E-state index contributed by atoms with van der Waals surface area (Å²) in [7, 11) is 0. The van der Waals surface area contributed by atoms with Gasteiger partial charge in [-0.25, -0.2) is 9.59 Å². The molecule has 1 heterocycles. The van der Waals surface area contributed by atoms with E-state index in [0.29, 0.717) is 16.8 Å². The van der Waals surface area contributed by atoms with Gasteiger partial charge >= 0.3 is 11.9 Å². The highest BCUT2D eigenvalue weighted by molar-refractivity contribution is 6.04. The van der Waals surface area contributed by atoms with Crippen molar-refractivity contribution in [2.75, 3.05) is 6.61 Å². The number of Topliss-reactive ketones (excluding diaryl/α,β-unsaturated/α-hetero) is 1. The van der Waals surface area contributed by atoms with Crippen LogP contribution in [0.1, 0.15) is 57.1 Å². The third kappa shape index (κ3) is 4.97. The molecule has 0 aliphatic heterocycles. The molecule has 0 fully saturated rings. The van der Waals surface area contributed by atoms with Gasteiger partial charge in [-0.05, 0) is 51.8 Å². The van der Waals surface area contributed by atoms with Gasteiger partial charge in [0.15, 0.2) is 6.10 Å². The summed E-state index contributed by atoms with van der Waals surface area (Å²) < 4.78 is 10.2. The minimum Gasteiger partial charge on any atom is -0.462 e. The molecule has 0 unspecified atom stereocenters. The molecular formula is C22H25NO5.